The molecule has 1 saturated heterocycles. The number of carbonyl (C=O) groups excluding carboxylic acids is 1. The molecular formula is C23H40N4O6S. The minimum absolute atomic E-state index is 0.0467. The van der Waals surface area contributed by atoms with Crippen LogP contribution in [0.3, 0.4) is 0 Å². The van der Waals surface area contributed by atoms with Crippen molar-refractivity contribution in [1.29, 1.82) is 0 Å². The highest BCUT2D eigenvalue weighted by Gasteiger charge is 2.34. The molecule has 3 rings (SSSR count). The third-order valence-electron chi connectivity index (χ3n) is 6.45. The van der Waals surface area contributed by atoms with Gasteiger partial charge in [0.1, 0.15) is 0 Å². The summed E-state index contributed by atoms with van der Waals surface area (Å²) in [7, 11) is -3.21. The summed E-state index contributed by atoms with van der Waals surface area (Å²) in [5, 5.41) is 10.4. The average molecular weight is 501 g/mol. The van der Waals surface area contributed by atoms with Crippen LogP contribution in [0.25, 0.3) is 0 Å². The normalized spacial score (nSPS) is 24.7. The molecule has 1 aromatic rings. The molecule has 2 heterocycles. The lowest BCUT2D eigenvalue weighted by Gasteiger charge is -2.35. The molecule has 0 radical (unpaired) electrons. The number of sulfonamides is 1. The first-order valence-corrected chi connectivity index (χ1v) is 14.0. The molecule has 0 spiro atoms. The highest BCUT2D eigenvalue weighted by molar-refractivity contribution is 7.88. The lowest BCUT2D eigenvalue weighted by molar-refractivity contribution is -0.170. The van der Waals surface area contributed by atoms with Gasteiger partial charge >= 0.3 is 0 Å². The Bertz CT molecular complexity index is 916. The Kier molecular flexibility index (Phi) is 8.78. The van der Waals surface area contributed by atoms with Gasteiger partial charge in [0.25, 0.3) is 0 Å². The zero-order valence-electron chi connectivity index (χ0n) is 21.0. The van der Waals surface area contributed by atoms with Gasteiger partial charge in [0.2, 0.25) is 21.8 Å². The van der Waals surface area contributed by atoms with E-state index < -0.39 is 21.0 Å². The summed E-state index contributed by atoms with van der Waals surface area (Å²) < 4.78 is 42.5. The van der Waals surface area contributed by atoms with E-state index in [1.54, 1.807) is 6.07 Å². The zero-order chi connectivity index (χ0) is 25.0. The van der Waals surface area contributed by atoms with Gasteiger partial charge in [0.05, 0.1) is 24.1 Å². The van der Waals surface area contributed by atoms with Gasteiger partial charge in [-0.25, -0.2) is 13.1 Å². The van der Waals surface area contributed by atoms with Crippen LogP contribution in [-0.4, -0.2) is 62.9 Å². The Hall–Kier alpha value is -1.53. The van der Waals surface area contributed by atoms with Crippen LogP contribution in [-0.2, 0) is 29.7 Å². The molecule has 11 heteroatoms. The number of nitrogens with zero attached hydrogens (tertiary/aromatic N) is 1. The fourth-order valence-electron chi connectivity index (χ4n) is 4.37. The Balaban J connectivity index is 1.49. The van der Waals surface area contributed by atoms with Crippen LogP contribution in [0.1, 0.15) is 78.3 Å². The second-order valence-electron chi connectivity index (χ2n) is 10.7. The monoisotopic (exact) mass is 500 g/mol. The molecule has 3 N–H and O–H groups in total. The van der Waals surface area contributed by atoms with E-state index in [1.807, 2.05) is 27.7 Å². The van der Waals surface area contributed by atoms with E-state index in [2.05, 4.69) is 20.5 Å². The molecular weight excluding hydrogens is 460 g/mol. The van der Waals surface area contributed by atoms with Crippen molar-refractivity contribution < 1.29 is 27.2 Å². The van der Waals surface area contributed by atoms with Crippen molar-refractivity contribution >= 4 is 21.8 Å². The van der Waals surface area contributed by atoms with Crippen molar-refractivity contribution in [3.8, 4) is 0 Å². The van der Waals surface area contributed by atoms with Crippen LogP contribution in [0.4, 0.5) is 5.88 Å². The molecule has 2 aliphatic rings. The lowest BCUT2D eigenvalue weighted by atomic mass is 9.89. The lowest BCUT2D eigenvalue weighted by Crippen LogP contribution is -2.55. The first-order valence-electron chi connectivity index (χ1n) is 12.1. The van der Waals surface area contributed by atoms with Crippen molar-refractivity contribution in [1.82, 2.24) is 15.2 Å². The first-order chi connectivity index (χ1) is 15.8. The van der Waals surface area contributed by atoms with Crippen LogP contribution in [0.5, 0.6) is 0 Å². The number of ether oxygens (including phenoxy) is 2. The predicted octanol–water partition coefficient (Wildman–Crippen LogP) is 2.66. The molecule has 1 saturated carbocycles. The highest BCUT2D eigenvalue weighted by atomic mass is 32.2. The second-order valence-corrected chi connectivity index (χ2v) is 12.5. The summed E-state index contributed by atoms with van der Waals surface area (Å²) in [6, 6.07) is 1.82. The number of rotatable bonds is 10. The van der Waals surface area contributed by atoms with Crippen molar-refractivity contribution in [2.75, 3.05) is 24.8 Å². The number of hydrogen-bond donors (Lipinski definition) is 3. The van der Waals surface area contributed by atoms with Gasteiger partial charge < -0.3 is 19.3 Å². The number of aromatic nitrogens is 1. The molecule has 1 aromatic heterocycles. The Morgan fingerprint density at radius 1 is 1.12 bits per heavy atom. The smallest absolute Gasteiger partial charge is 0.246 e. The SMILES string of the molecule is CC(C)(N[C@H]1CC[C@@H](NS(C)(=O)=O)CC1)C(=O)Nc1cc(C(C)(C)COC2CCCCO2)no1. The van der Waals surface area contributed by atoms with E-state index in [-0.39, 0.29) is 30.2 Å². The fraction of sp³-hybridized carbons (Fsp3) is 0.826. The minimum Gasteiger partial charge on any atom is -0.353 e. The van der Waals surface area contributed by atoms with Crippen LogP contribution >= 0.6 is 0 Å². The largest absolute Gasteiger partial charge is 0.353 e. The second kappa shape index (κ2) is 11.0. The van der Waals surface area contributed by atoms with Gasteiger partial charge in [-0.2, -0.15) is 0 Å². The molecule has 2 fully saturated rings. The van der Waals surface area contributed by atoms with E-state index in [1.165, 1.54) is 6.26 Å². The third kappa shape index (κ3) is 8.01. The summed E-state index contributed by atoms with van der Waals surface area (Å²) in [5.41, 5.74) is -0.549. The fourth-order valence-corrected chi connectivity index (χ4v) is 5.21. The van der Waals surface area contributed by atoms with Crippen molar-refractivity contribution in [2.24, 2.45) is 0 Å². The van der Waals surface area contributed by atoms with Gasteiger partial charge in [0, 0.05) is 30.2 Å². The summed E-state index contributed by atoms with van der Waals surface area (Å²) in [6.45, 7) is 8.83. The minimum atomic E-state index is -3.21. The van der Waals surface area contributed by atoms with Crippen LogP contribution in [0.15, 0.2) is 10.6 Å². The molecule has 0 bridgehead atoms. The number of anilines is 1. The van der Waals surface area contributed by atoms with Crippen molar-refractivity contribution in [3.05, 3.63) is 11.8 Å². The van der Waals surface area contributed by atoms with E-state index in [9.17, 15) is 13.2 Å². The number of hydrogen-bond acceptors (Lipinski definition) is 8. The van der Waals surface area contributed by atoms with Gasteiger partial charge in [-0.1, -0.05) is 19.0 Å². The van der Waals surface area contributed by atoms with E-state index in [0.29, 0.717) is 12.3 Å². The van der Waals surface area contributed by atoms with Gasteiger partial charge in [-0.05, 0) is 58.8 Å². The van der Waals surface area contributed by atoms with E-state index >= 15 is 0 Å². The maximum absolute atomic E-state index is 13.0. The Morgan fingerprint density at radius 2 is 1.79 bits per heavy atom. The molecule has 1 aliphatic heterocycles. The van der Waals surface area contributed by atoms with Crippen molar-refractivity contribution in [2.45, 2.75) is 102 Å². The van der Waals surface area contributed by atoms with Crippen LogP contribution in [0.2, 0.25) is 0 Å². The van der Waals surface area contributed by atoms with Crippen LogP contribution in [0, 0.1) is 0 Å². The summed E-state index contributed by atoms with van der Waals surface area (Å²) >= 11 is 0. The average Bonchev–Trinajstić information content (AvgIpc) is 3.23. The maximum atomic E-state index is 13.0. The number of nitrogens with one attached hydrogen (secondary N) is 3. The van der Waals surface area contributed by atoms with Gasteiger partial charge in [-0.3, -0.25) is 10.1 Å². The molecule has 1 unspecified atom stereocenters. The summed E-state index contributed by atoms with van der Waals surface area (Å²) in [4.78, 5) is 13.0. The highest BCUT2D eigenvalue weighted by Crippen LogP contribution is 2.27. The van der Waals surface area contributed by atoms with Crippen LogP contribution < -0.4 is 15.4 Å². The Labute approximate surface area is 202 Å². The molecule has 34 heavy (non-hydrogen) atoms. The zero-order valence-corrected chi connectivity index (χ0v) is 21.8. The molecule has 1 aliphatic carbocycles. The van der Waals surface area contributed by atoms with Gasteiger partial charge in [0.15, 0.2) is 6.29 Å². The molecule has 1 atom stereocenters. The third-order valence-corrected chi connectivity index (χ3v) is 7.21. The van der Waals surface area contributed by atoms with E-state index in [4.69, 9.17) is 14.0 Å². The topological polar surface area (TPSA) is 132 Å². The number of amides is 1. The summed E-state index contributed by atoms with van der Waals surface area (Å²) in [5.74, 6) is 0.0640. The van der Waals surface area contributed by atoms with E-state index in [0.717, 1.165) is 51.6 Å². The molecule has 1 amide bonds. The quantitative estimate of drug-likeness (QED) is 0.447. The molecule has 10 nitrogen and oxygen atoms in total. The van der Waals surface area contributed by atoms with Gasteiger partial charge in [-0.15, -0.1) is 0 Å². The molecule has 194 valence electrons. The Morgan fingerprint density at radius 3 is 2.41 bits per heavy atom. The standard InChI is InChI=1S/C23H40N4O6S/c1-22(2,15-32-20-8-6-7-13-31-20)18-14-19(33-26-18)24-21(28)23(3,4)25-16-9-11-17(12-10-16)27-34(5,29)30/h14,16-17,20,25,27H,6-13,15H2,1-5H3,(H,24,28)/t16-,17+,20?. The summed E-state index contributed by atoms with van der Waals surface area (Å²) in [6.07, 6.45) is 7.12. The first kappa shape index (κ1) is 27.1. The number of carbonyl (C=O) groups is 1. The van der Waals surface area contributed by atoms with Crippen molar-refractivity contribution in [3.63, 3.8) is 0 Å². The maximum Gasteiger partial charge on any atom is 0.246 e. The molecule has 0 aromatic carbocycles. The predicted molar refractivity (Wildman–Crippen MR) is 129 cm³/mol.